The number of aryl methyl sites for hydroxylation is 1. The second kappa shape index (κ2) is 5.66. The lowest BCUT2D eigenvalue weighted by Crippen LogP contribution is -2.16. The summed E-state index contributed by atoms with van der Waals surface area (Å²) in [4.78, 5) is 13.3. The molecule has 1 aromatic rings. The van der Waals surface area contributed by atoms with Gasteiger partial charge in [0.25, 0.3) is 5.56 Å². The number of H-pyrrole nitrogens is 1. The van der Waals surface area contributed by atoms with Gasteiger partial charge in [0.2, 0.25) is 0 Å². The first kappa shape index (κ1) is 12.1. The quantitative estimate of drug-likeness (QED) is 0.667. The minimum Gasteiger partial charge on any atom is -0.391 e. The number of hydrogen-bond donors (Lipinski definition) is 2. The molecule has 1 rings (SSSR count). The second-order valence-electron chi connectivity index (χ2n) is 2.18. The van der Waals surface area contributed by atoms with Gasteiger partial charge >= 0.3 is 0 Å². The first-order valence-electron chi connectivity index (χ1n) is 4.05. The number of nitrogens with zero attached hydrogens (tertiary/aromatic N) is 1. The Morgan fingerprint density at radius 1 is 1.62 bits per heavy atom. The van der Waals surface area contributed by atoms with Crippen molar-refractivity contribution in [1.29, 1.82) is 0 Å². The van der Waals surface area contributed by atoms with E-state index in [9.17, 15) is 4.79 Å². The molecular formula is C8H14N2O2S. The lowest BCUT2D eigenvalue weighted by molar-refractivity contribution is 0.279. The second-order valence-corrected chi connectivity index (χ2v) is 2.57. The van der Waals surface area contributed by atoms with Crippen molar-refractivity contribution in [2.45, 2.75) is 20.5 Å². The van der Waals surface area contributed by atoms with Gasteiger partial charge in [-0.2, -0.15) is 0 Å². The van der Waals surface area contributed by atoms with Crippen LogP contribution in [0.4, 0.5) is 0 Å². The van der Waals surface area contributed by atoms with Crippen LogP contribution in [-0.2, 0) is 13.7 Å². The molecule has 2 N–H and O–H groups in total. The van der Waals surface area contributed by atoms with E-state index >= 15 is 0 Å². The summed E-state index contributed by atoms with van der Waals surface area (Å²) in [7, 11) is 1.71. The smallest absolute Gasteiger partial charge is 0.257 e. The molecule has 0 aliphatic carbocycles. The highest BCUT2D eigenvalue weighted by molar-refractivity contribution is 7.71. The van der Waals surface area contributed by atoms with Gasteiger partial charge in [-0.15, -0.1) is 0 Å². The molecule has 0 unspecified atom stereocenters. The molecule has 0 bridgehead atoms. The maximum absolute atomic E-state index is 10.9. The molecule has 0 aliphatic rings. The summed E-state index contributed by atoms with van der Waals surface area (Å²) in [5.41, 5.74) is -0.00306. The summed E-state index contributed by atoms with van der Waals surface area (Å²) >= 11 is 4.77. The summed E-state index contributed by atoms with van der Waals surface area (Å²) in [6.45, 7) is 3.73. The molecule has 0 atom stereocenters. The zero-order valence-electron chi connectivity index (χ0n) is 8.00. The van der Waals surface area contributed by atoms with Crippen molar-refractivity contribution in [1.82, 2.24) is 9.55 Å². The van der Waals surface area contributed by atoms with Crippen LogP contribution in [0.5, 0.6) is 0 Å². The molecule has 0 fully saturated rings. The van der Waals surface area contributed by atoms with Crippen molar-refractivity contribution in [3.8, 4) is 0 Å². The van der Waals surface area contributed by atoms with Crippen LogP contribution in [0.15, 0.2) is 11.0 Å². The Balaban J connectivity index is 0.000000671. The number of nitrogens with one attached hydrogen (secondary N) is 1. The highest BCUT2D eigenvalue weighted by Crippen LogP contribution is 1.88. The van der Waals surface area contributed by atoms with Gasteiger partial charge in [-0.05, 0) is 12.2 Å². The number of hydrogen-bond acceptors (Lipinski definition) is 3. The third kappa shape index (κ3) is 3.12. The molecule has 1 heterocycles. The Hall–Kier alpha value is -0.940. The van der Waals surface area contributed by atoms with Crippen LogP contribution in [-0.4, -0.2) is 14.7 Å². The lowest BCUT2D eigenvalue weighted by atomic mass is 10.4. The van der Waals surface area contributed by atoms with Crippen LogP contribution in [0.25, 0.3) is 0 Å². The van der Waals surface area contributed by atoms with E-state index in [-0.39, 0.29) is 12.2 Å². The minimum absolute atomic E-state index is 0.265. The number of aromatic nitrogens is 2. The molecule has 0 amide bonds. The van der Waals surface area contributed by atoms with Crippen molar-refractivity contribution < 1.29 is 5.11 Å². The summed E-state index contributed by atoms with van der Waals surface area (Å²) in [5, 5.41) is 8.67. The van der Waals surface area contributed by atoms with Crippen molar-refractivity contribution in [2.24, 2.45) is 7.05 Å². The normalized spacial score (nSPS) is 8.92. The predicted molar refractivity (Wildman–Crippen MR) is 54.1 cm³/mol. The average molecular weight is 202 g/mol. The standard InChI is InChI=1S/C6H8N2O2S.C2H6/c1-8-2-4(3-9)5(10)7-6(8)11;1-2/h2,9H,3H2,1H3,(H,7,10,11);1-2H3. The molecule has 0 saturated carbocycles. The number of rotatable bonds is 1. The Kier molecular flexibility index (Phi) is 5.25. The maximum Gasteiger partial charge on any atom is 0.257 e. The van der Waals surface area contributed by atoms with Crippen LogP contribution >= 0.6 is 12.2 Å². The third-order valence-corrected chi connectivity index (χ3v) is 1.74. The Labute approximate surface area is 81.9 Å². The summed E-state index contributed by atoms with van der Waals surface area (Å²) in [6, 6.07) is 0. The average Bonchev–Trinajstić information content (AvgIpc) is 2.15. The SMILES string of the molecule is CC.Cn1cc(CO)c(=O)[nH]c1=S. The minimum atomic E-state index is -0.324. The van der Waals surface area contributed by atoms with Gasteiger partial charge < -0.3 is 9.67 Å². The molecule has 74 valence electrons. The van der Waals surface area contributed by atoms with E-state index in [1.165, 1.54) is 6.20 Å². The van der Waals surface area contributed by atoms with Crippen molar-refractivity contribution in [3.05, 3.63) is 26.9 Å². The number of aliphatic hydroxyl groups is 1. The molecule has 1 aromatic heterocycles. The fourth-order valence-electron chi connectivity index (χ4n) is 0.729. The Bertz CT molecular complexity index is 367. The number of aromatic amines is 1. The molecule has 5 heteroatoms. The zero-order chi connectivity index (χ0) is 10.4. The molecule has 0 aromatic carbocycles. The van der Waals surface area contributed by atoms with E-state index in [1.807, 2.05) is 13.8 Å². The van der Waals surface area contributed by atoms with Crippen molar-refractivity contribution >= 4 is 12.2 Å². The highest BCUT2D eigenvalue weighted by atomic mass is 32.1. The molecule has 13 heavy (non-hydrogen) atoms. The fourth-order valence-corrected chi connectivity index (χ4v) is 0.875. The van der Waals surface area contributed by atoms with Gasteiger partial charge in [-0.25, -0.2) is 0 Å². The third-order valence-electron chi connectivity index (χ3n) is 1.35. The van der Waals surface area contributed by atoms with E-state index in [1.54, 1.807) is 11.6 Å². The van der Waals surface area contributed by atoms with Gasteiger partial charge in [-0.3, -0.25) is 9.78 Å². The van der Waals surface area contributed by atoms with Crippen LogP contribution in [0.2, 0.25) is 0 Å². The lowest BCUT2D eigenvalue weighted by Gasteiger charge is -1.99. The van der Waals surface area contributed by atoms with Crippen LogP contribution < -0.4 is 5.56 Å². The van der Waals surface area contributed by atoms with Gasteiger partial charge in [0.1, 0.15) is 0 Å². The molecule has 0 saturated heterocycles. The van der Waals surface area contributed by atoms with E-state index in [2.05, 4.69) is 4.98 Å². The van der Waals surface area contributed by atoms with E-state index in [0.29, 0.717) is 10.3 Å². The van der Waals surface area contributed by atoms with Gasteiger partial charge in [-0.1, -0.05) is 13.8 Å². The largest absolute Gasteiger partial charge is 0.391 e. The fraction of sp³-hybridized carbons (Fsp3) is 0.500. The predicted octanol–water partition coefficient (Wildman–Crippen LogP) is 0.961. The van der Waals surface area contributed by atoms with Crippen LogP contribution in [0.1, 0.15) is 19.4 Å². The van der Waals surface area contributed by atoms with Crippen molar-refractivity contribution in [3.63, 3.8) is 0 Å². The zero-order valence-corrected chi connectivity index (χ0v) is 8.81. The van der Waals surface area contributed by atoms with Crippen molar-refractivity contribution in [2.75, 3.05) is 0 Å². The molecular weight excluding hydrogens is 188 g/mol. The molecule has 4 nitrogen and oxygen atoms in total. The number of aliphatic hydroxyl groups excluding tert-OH is 1. The Morgan fingerprint density at radius 3 is 2.62 bits per heavy atom. The summed E-state index contributed by atoms with van der Waals surface area (Å²) in [5.74, 6) is 0. The molecule has 0 spiro atoms. The van der Waals surface area contributed by atoms with Gasteiger partial charge in [0.05, 0.1) is 12.2 Å². The first-order valence-corrected chi connectivity index (χ1v) is 4.45. The molecule has 0 aliphatic heterocycles. The van der Waals surface area contributed by atoms with Gasteiger partial charge in [0, 0.05) is 13.2 Å². The summed E-state index contributed by atoms with van der Waals surface area (Å²) < 4.78 is 1.93. The van der Waals surface area contributed by atoms with E-state index in [0.717, 1.165) is 0 Å². The highest BCUT2D eigenvalue weighted by Gasteiger charge is 1.97. The van der Waals surface area contributed by atoms with Crippen LogP contribution in [0.3, 0.4) is 0 Å². The van der Waals surface area contributed by atoms with E-state index < -0.39 is 0 Å². The maximum atomic E-state index is 10.9. The molecule has 0 radical (unpaired) electrons. The van der Waals surface area contributed by atoms with Gasteiger partial charge in [0.15, 0.2) is 4.77 Å². The topological polar surface area (TPSA) is 58.0 Å². The summed E-state index contributed by atoms with van der Waals surface area (Å²) in [6.07, 6.45) is 1.52. The first-order chi connectivity index (χ1) is 6.15. The Morgan fingerprint density at radius 2 is 2.15 bits per heavy atom. The van der Waals surface area contributed by atoms with Crippen LogP contribution in [0, 0.1) is 4.77 Å². The monoisotopic (exact) mass is 202 g/mol. The van der Waals surface area contributed by atoms with E-state index in [4.69, 9.17) is 17.3 Å².